The molecule has 0 bridgehead atoms. The zero-order valence-corrected chi connectivity index (χ0v) is 16.7. The lowest BCUT2D eigenvalue weighted by atomic mass is 10.1. The largest absolute Gasteiger partial charge is 0.378 e. The number of sulfone groups is 1. The third-order valence-corrected chi connectivity index (χ3v) is 5.54. The number of primary amides is 1. The molecule has 0 aliphatic heterocycles. The first kappa shape index (κ1) is 20.3. The van der Waals surface area contributed by atoms with Gasteiger partial charge in [0.1, 0.15) is 6.29 Å². The van der Waals surface area contributed by atoms with Crippen LogP contribution in [0.2, 0.25) is 0 Å². The Morgan fingerprint density at radius 1 is 1.14 bits per heavy atom. The Hall–Kier alpha value is -3.46. The minimum absolute atomic E-state index is 0.135. The highest BCUT2D eigenvalue weighted by molar-refractivity contribution is 7.90. The molecule has 0 unspecified atom stereocenters. The quantitative estimate of drug-likeness (QED) is 0.572. The van der Waals surface area contributed by atoms with Crippen LogP contribution in [-0.2, 0) is 14.6 Å². The van der Waals surface area contributed by atoms with Crippen LogP contribution >= 0.6 is 0 Å². The predicted octanol–water partition coefficient (Wildman–Crippen LogP) is 1.96. The first-order chi connectivity index (χ1) is 13.7. The molecule has 0 fully saturated rings. The smallest absolute Gasteiger partial charge is 0.269 e. The Morgan fingerprint density at radius 2 is 1.76 bits per heavy atom. The molecule has 0 aliphatic rings. The SMILES string of the molecule is Cc1c(C(N)=O)nn(-c2ccc(NCC=O)cc2)c1-c1ccc(S(C)(=O)=O)cc1. The second-order valence-corrected chi connectivity index (χ2v) is 8.50. The number of hydrogen-bond donors (Lipinski definition) is 2. The summed E-state index contributed by atoms with van der Waals surface area (Å²) in [6, 6.07) is 13.5. The van der Waals surface area contributed by atoms with Crippen LogP contribution in [0.15, 0.2) is 53.4 Å². The maximum absolute atomic E-state index is 11.8. The zero-order valence-electron chi connectivity index (χ0n) is 15.9. The van der Waals surface area contributed by atoms with Crippen LogP contribution in [0.4, 0.5) is 5.69 Å². The molecule has 3 rings (SSSR count). The predicted molar refractivity (Wildman–Crippen MR) is 110 cm³/mol. The molecule has 3 aromatic rings. The van der Waals surface area contributed by atoms with Gasteiger partial charge in [-0.2, -0.15) is 5.10 Å². The molecule has 1 heterocycles. The molecule has 8 nitrogen and oxygen atoms in total. The summed E-state index contributed by atoms with van der Waals surface area (Å²) in [6.45, 7) is 1.94. The lowest BCUT2D eigenvalue weighted by Gasteiger charge is -2.10. The highest BCUT2D eigenvalue weighted by Crippen LogP contribution is 2.30. The Morgan fingerprint density at radius 3 is 2.28 bits per heavy atom. The average Bonchev–Trinajstić information content (AvgIpc) is 3.03. The van der Waals surface area contributed by atoms with Gasteiger partial charge in [0.2, 0.25) is 0 Å². The van der Waals surface area contributed by atoms with Crippen molar-refractivity contribution in [2.45, 2.75) is 11.8 Å². The van der Waals surface area contributed by atoms with E-state index in [1.165, 1.54) is 12.1 Å². The van der Waals surface area contributed by atoms with Gasteiger partial charge < -0.3 is 15.8 Å². The summed E-state index contributed by atoms with van der Waals surface area (Å²) < 4.78 is 25.1. The summed E-state index contributed by atoms with van der Waals surface area (Å²) in [5.74, 6) is -0.653. The second kappa shape index (κ2) is 7.88. The number of rotatable bonds is 7. The molecule has 0 atom stereocenters. The summed E-state index contributed by atoms with van der Waals surface area (Å²) in [4.78, 5) is 22.5. The molecule has 0 saturated heterocycles. The van der Waals surface area contributed by atoms with E-state index in [0.717, 1.165) is 18.2 Å². The molecule has 150 valence electrons. The summed E-state index contributed by atoms with van der Waals surface area (Å²) in [7, 11) is -3.32. The van der Waals surface area contributed by atoms with Gasteiger partial charge in [0, 0.05) is 23.1 Å². The Labute approximate surface area is 168 Å². The van der Waals surface area contributed by atoms with Gasteiger partial charge in [0.15, 0.2) is 15.5 Å². The fourth-order valence-corrected chi connectivity index (χ4v) is 3.63. The van der Waals surface area contributed by atoms with Crippen molar-refractivity contribution in [3.63, 3.8) is 0 Å². The van der Waals surface area contributed by atoms with Gasteiger partial charge in [0.25, 0.3) is 5.91 Å². The summed E-state index contributed by atoms with van der Waals surface area (Å²) in [5.41, 5.74) is 8.97. The number of hydrogen-bond acceptors (Lipinski definition) is 6. The highest BCUT2D eigenvalue weighted by atomic mass is 32.2. The van der Waals surface area contributed by atoms with Crippen molar-refractivity contribution in [2.75, 3.05) is 18.1 Å². The molecule has 0 spiro atoms. The molecular formula is C20H20N4O4S. The number of carbonyl (C=O) groups excluding carboxylic acids is 2. The first-order valence-electron chi connectivity index (χ1n) is 8.70. The van der Waals surface area contributed by atoms with Gasteiger partial charge >= 0.3 is 0 Å². The van der Waals surface area contributed by atoms with E-state index >= 15 is 0 Å². The molecule has 0 aliphatic carbocycles. The van der Waals surface area contributed by atoms with E-state index in [1.54, 1.807) is 48.0 Å². The van der Waals surface area contributed by atoms with E-state index in [1.807, 2.05) is 0 Å². The normalized spacial score (nSPS) is 11.2. The number of benzene rings is 2. The van der Waals surface area contributed by atoms with Crippen LogP contribution in [0.1, 0.15) is 16.1 Å². The van der Waals surface area contributed by atoms with Gasteiger partial charge in [-0.15, -0.1) is 0 Å². The molecule has 0 radical (unpaired) electrons. The lowest BCUT2D eigenvalue weighted by Crippen LogP contribution is -2.13. The number of nitrogens with two attached hydrogens (primary N) is 1. The van der Waals surface area contributed by atoms with Crippen molar-refractivity contribution in [3.05, 3.63) is 59.8 Å². The van der Waals surface area contributed by atoms with Crippen molar-refractivity contribution in [2.24, 2.45) is 5.73 Å². The summed E-state index contributed by atoms with van der Waals surface area (Å²) >= 11 is 0. The minimum atomic E-state index is -3.32. The number of aromatic nitrogens is 2. The number of aldehydes is 1. The number of anilines is 1. The summed E-state index contributed by atoms with van der Waals surface area (Å²) in [5, 5.41) is 7.31. The number of amides is 1. The van der Waals surface area contributed by atoms with Crippen molar-refractivity contribution in [1.82, 2.24) is 9.78 Å². The van der Waals surface area contributed by atoms with Gasteiger partial charge in [0.05, 0.1) is 22.8 Å². The van der Waals surface area contributed by atoms with E-state index in [0.29, 0.717) is 22.5 Å². The monoisotopic (exact) mass is 412 g/mol. The third kappa shape index (κ3) is 4.19. The maximum Gasteiger partial charge on any atom is 0.269 e. The summed E-state index contributed by atoms with van der Waals surface area (Å²) in [6.07, 6.45) is 1.91. The van der Waals surface area contributed by atoms with Crippen LogP contribution in [0.5, 0.6) is 0 Å². The molecular weight excluding hydrogens is 392 g/mol. The molecule has 2 aromatic carbocycles. The van der Waals surface area contributed by atoms with E-state index in [-0.39, 0.29) is 17.1 Å². The molecule has 1 amide bonds. The molecule has 9 heteroatoms. The molecule has 3 N–H and O–H groups in total. The Kier molecular flexibility index (Phi) is 5.51. The number of nitrogens with zero attached hydrogens (tertiary/aromatic N) is 2. The minimum Gasteiger partial charge on any atom is -0.378 e. The molecule has 0 saturated carbocycles. The lowest BCUT2D eigenvalue weighted by molar-refractivity contribution is -0.106. The van der Waals surface area contributed by atoms with Gasteiger partial charge in [-0.25, -0.2) is 13.1 Å². The van der Waals surface area contributed by atoms with Crippen molar-refractivity contribution < 1.29 is 18.0 Å². The number of carbonyl (C=O) groups is 2. The van der Waals surface area contributed by atoms with Crippen molar-refractivity contribution >= 4 is 27.7 Å². The fraction of sp³-hybridized carbons (Fsp3) is 0.150. The van der Waals surface area contributed by atoms with Crippen LogP contribution in [0, 0.1) is 6.92 Å². The van der Waals surface area contributed by atoms with E-state index in [9.17, 15) is 18.0 Å². The van der Waals surface area contributed by atoms with E-state index in [2.05, 4.69) is 10.4 Å². The van der Waals surface area contributed by atoms with Gasteiger partial charge in [-0.3, -0.25) is 4.79 Å². The molecule has 1 aromatic heterocycles. The van der Waals surface area contributed by atoms with E-state index < -0.39 is 15.7 Å². The zero-order chi connectivity index (χ0) is 21.2. The average molecular weight is 412 g/mol. The Bertz CT molecular complexity index is 1160. The first-order valence-corrected chi connectivity index (χ1v) is 10.6. The third-order valence-electron chi connectivity index (χ3n) is 4.41. The topological polar surface area (TPSA) is 124 Å². The van der Waals surface area contributed by atoms with Crippen molar-refractivity contribution in [1.29, 1.82) is 0 Å². The van der Waals surface area contributed by atoms with Crippen LogP contribution in [0.25, 0.3) is 16.9 Å². The standard InChI is InChI=1S/C20H20N4O4S/c1-13-18(20(21)26)23-24(16-7-5-15(6-8-16)22-11-12-25)19(13)14-3-9-17(10-4-14)29(2,27)28/h3-10,12,22H,11H2,1-2H3,(H2,21,26). The van der Waals surface area contributed by atoms with Crippen molar-refractivity contribution in [3.8, 4) is 16.9 Å². The van der Waals surface area contributed by atoms with Crippen LogP contribution < -0.4 is 11.1 Å². The Balaban J connectivity index is 2.12. The van der Waals surface area contributed by atoms with Gasteiger partial charge in [-0.05, 0) is 43.3 Å². The van der Waals surface area contributed by atoms with Crippen LogP contribution in [-0.4, -0.2) is 43.2 Å². The fourth-order valence-electron chi connectivity index (χ4n) is 3.00. The highest BCUT2D eigenvalue weighted by Gasteiger charge is 2.21. The number of nitrogens with one attached hydrogen (secondary N) is 1. The molecule has 29 heavy (non-hydrogen) atoms. The maximum atomic E-state index is 11.8. The van der Waals surface area contributed by atoms with E-state index in [4.69, 9.17) is 5.73 Å². The van der Waals surface area contributed by atoms with Crippen LogP contribution in [0.3, 0.4) is 0 Å². The van der Waals surface area contributed by atoms with Gasteiger partial charge in [-0.1, -0.05) is 12.1 Å². The second-order valence-electron chi connectivity index (χ2n) is 6.49.